The van der Waals surface area contributed by atoms with E-state index in [0.29, 0.717) is 26.3 Å². The number of halogens is 1. The molecule has 4 aromatic rings. The zero-order valence-electron chi connectivity index (χ0n) is 17.3. The molecule has 4 rings (SSSR count). The molecule has 0 aliphatic rings. The van der Waals surface area contributed by atoms with Crippen LogP contribution in [-0.4, -0.2) is 33.2 Å². The summed E-state index contributed by atoms with van der Waals surface area (Å²) in [7, 11) is 0. The van der Waals surface area contributed by atoms with Crippen LogP contribution < -0.4 is 5.32 Å². The molecule has 0 saturated carbocycles. The third-order valence-corrected chi connectivity index (χ3v) is 5.96. The summed E-state index contributed by atoms with van der Waals surface area (Å²) in [6.45, 7) is 1.16. The fraction of sp³-hybridized carbons (Fsp3) is 0.0870. The van der Waals surface area contributed by atoms with E-state index in [1.165, 1.54) is 10.9 Å². The van der Waals surface area contributed by atoms with Gasteiger partial charge in [0.05, 0.1) is 17.6 Å². The van der Waals surface area contributed by atoms with Crippen molar-refractivity contribution in [2.45, 2.75) is 6.92 Å². The number of anilines is 1. The van der Waals surface area contributed by atoms with Crippen molar-refractivity contribution < 1.29 is 14.3 Å². The predicted octanol–water partition coefficient (Wildman–Crippen LogP) is 4.62. The molecule has 0 atom stereocenters. The number of rotatable bonds is 6. The molecule has 0 radical (unpaired) electrons. The third-order valence-electron chi connectivity index (χ3n) is 4.54. The number of nitriles is 1. The van der Waals surface area contributed by atoms with Gasteiger partial charge in [-0.3, -0.25) is 4.79 Å². The normalized spacial score (nSPS) is 10.5. The lowest BCUT2D eigenvalue weighted by Crippen LogP contribution is -2.22. The number of benzene rings is 2. The Bertz CT molecular complexity index is 1370. The van der Waals surface area contributed by atoms with Crippen LogP contribution >= 0.6 is 22.9 Å². The Balaban J connectivity index is 1.45. The molecule has 0 fully saturated rings. The average Bonchev–Trinajstić information content (AvgIpc) is 3.41. The Morgan fingerprint density at radius 3 is 2.73 bits per heavy atom. The van der Waals surface area contributed by atoms with Crippen molar-refractivity contribution in [1.82, 2.24) is 14.8 Å². The highest BCUT2D eigenvalue weighted by molar-refractivity contribution is 7.17. The minimum atomic E-state index is -0.662. The standard InChI is InChI=1S/C23H16ClN5O3S/c1-14-20(33-22(27-14)15-6-5-7-17(24)10-15)23(31)32-13-19(30)28-21-16(11-25)12-26-29(21)18-8-3-2-4-9-18/h2-10,12H,13H2,1H3,(H,28,30). The molecule has 0 aliphatic heterocycles. The lowest BCUT2D eigenvalue weighted by atomic mass is 10.2. The van der Waals surface area contributed by atoms with Crippen molar-refractivity contribution in [1.29, 1.82) is 5.26 Å². The number of nitrogens with one attached hydrogen (secondary N) is 1. The van der Waals surface area contributed by atoms with Crippen molar-refractivity contribution in [2.24, 2.45) is 0 Å². The maximum Gasteiger partial charge on any atom is 0.350 e. The number of carbonyl (C=O) groups excluding carboxylic acids is 2. The number of nitrogens with zero attached hydrogens (tertiary/aromatic N) is 4. The predicted molar refractivity (Wildman–Crippen MR) is 124 cm³/mol. The molecule has 8 nitrogen and oxygen atoms in total. The van der Waals surface area contributed by atoms with E-state index >= 15 is 0 Å². The SMILES string of the molecule is Cc1nc(-c2cccc(Cl)c2)sc1C(=O)OCC(=O)Nc1c(C#N)cnn1-c1ccccc1. The molecule has 2 heterocycles. The largest absolute Gasteiger partial charge is 0.451 e. The quantitative estimate of drug-likeness (QED) is 0.405. The third kappa shape index (κ3) is 4.92. The molecule has 10 heteroatoms. The summed E-state index contributed by atoms with van der Waals surface area (Å²) >= 11 is 7.19. The second-order valence-corrected chi connectivity index (χ2v) is 8.27. The number of para-hydroxylation sites is 1. The average molecular weight is 478 g/mol. The second-order valence-electron chi connectivity index (χ2n) is 6.83. The lowest BCUT2D eigenvalue weighted by Gasteiger charge is -2.09. The highest BCUT2D eigenvalue weighted by Gasteiger charge is 2.20. The van der Waals surface area contributed by atoms with Gasteiger partial charge in [-0.1, -0.05) is 41.9 Å². The van der Waals surface area contributed by atoms with Crippen LogP contribution in [0.4, 0.5) is 5.82 Å². The molecular formula is C23H16ClN5O3S. The van der Waals surface area contributed by atoms with E-state index in [-0.39, 0.29) is 11.4 Å². The molecule has 2 aromatic heterocycles. The number of carbonyl (C=O) groups is 2. The summed E-state index contributed by atoms with van der Waals surface area (Å²) in [5.41, 5.74) is 2.13. The highest BCUT2D eigenvalue weighted by atomic mass is 35.5. The topological polar surface area (TPSA) is 110 Å². The Kier molecular flexibility index (Phi) is 6.49. The molecule has 2 aromatic carbocycles. The maximum atomic E-state index is 12.6. The van der Waals surface area contributed by atoms with Crippen molar-refractivity contribution in [3.8, 4) is 22.3 Å². The number of hydrogen-bond acceptors (Lipinski definition) is 7. The van der Waals surface area contributed by atoms with Crippen LogP contribution in [0.1, 0.15) is 20.9 Å². The van der Waals surface area contributed by atoms with Crippen LogP contribution in [0.5, 0.6) is 0 Å². The van der Waals surface area contributed by atoms with Crippen LogP contribution in [-0.2, 0) is 9.53 Å². The van der Waals surface area contributed by atoms with Crippen LogP contribution in [0.25, 0.3) is 16.3 Å². The van der Waals surface area contributed by atoms with Crippen LogP contribution in [0.15, 0.2) is 60.8 Å². The molecule has 0 unspecified atom stereocenters. The first-order valence-corrected chi connectivity index (χ1v) is 10.9. The zero-order valence-corrected chi connectivity index (χ0v) is 18.9. The molecule has 1 N–H and O–H groups in total. The van der Waals surface area contributed by atoms with Gasteiger partial charge in [0.1, 0.15) is 21.5 Å². The zero-order chi connectivity index (χ0) is 23.4. The Morgan fingerprint density at radius 1 is 1.21 bits per heavy atom. The number of esters is 1. The summed E-state index contributed by atoms with van der Waals surface area (Å²) in [5.74, 6) is -1.07. The van der Waals surface area contributed by atoms with Crippen molar-refractivity contribution in [3.63, 3.8) is 0 Å². The fourth-order valence-corrected chi connectivity index (χ4v) is 4.16. The lowest BCUT2D eigenvalue weighted by molar-refractivity contribution is -0.119. The van der Waals surface area contributed by atoms with Gasteiger partial charge >= 0.3 is 5.97 Å². The second kappa shape index (κ2) is 9.65. The number of ether oxygens (including phenoxy) is 1. The minimum absolute atomic E-state index is 0.183. The summed E-state index contributed by atoms with van der Waals surface area (Å²) in [6, 6.07) is 18.2. The van der Waals surface area contributed by atoms with Gasteiger partial charge in [0.15, 0.2) is 12.4 Å². The number of amides is 1. The number of aryl methyl sites for hydroxylation is 1. The van der Waals surface area contributed by atoms with Crippen molar-refractivity contribution in [3.05, 3.63) is 82.0 Å². The van der Waals surface area contributed by atoms with E-state index in [9.17, 15) is 14.9 Å². The van der Waals surface area contributed by atoms with Gasteiger partial charge < -0.3 is 10.1 Å². The summed E-state index contributed by atoms with van der Waals surface area (Å²) in [4.78, 5) is 29.8. The first-order valence-electron chi connectivity index (χ1n) is 9.70. The van der Waals surface area contributed by atoms with Crippen molar-refractivity contribution >= 4 is 40.6 Å². The smallest absolute Gasteiger partial charge is 0.350 e. The van der Waals surface area contributed by atoms with Crippen LogP contribution in [0, 0.1) is 18.3 Å². The van der Waals surface area contributed by atoms with E-state index in [2.05, 4.69) is 15.4 Å². The Morgan fingerprint density at radius 2 is 2.00 bits per heavy atom. The van der Waals surface area contributed by atoms with E-state index < -0.39 is 18.5 Å². The first-order chi connectivity index (χ1) is 16.0. The van der Waals surface area contributed by atoms with Gasteiger partial charge in [0, 0.05) is 10.6 Å². The van der Waals surface area contributed by atoms with E-state index in [1.54, 1.807) is 37.3 Å². The van der Waals surface area contributed by atoms with Crippen LogP contribution in [0.2, 0.25) is 5.02 Å². The summed E-state index contributed by atoms with van der Waals surface area (Å²) < 4.78 is 6.63. The van der Waals surface area contributed by atoms with Crippen LogP contribution in [0.3, 0.4) is 0 Å². The monoisotopic (exact) mass is 477 g/mol. The van der Waals surface area contributed by atoms with E-state index in [1.807, 2.05) is 30.3 Å². The van der Waals surface area contributed by atoms with Gasteiger partial charge in [0.2, 0.25) is 0 Å². The summed E-state index contributed by atoms with van der Waals surface area (Å²) in [6.07, 6.45) is 1.35. The highest BCUT2D eigenvalue weighted by Crippen LogP contribution is 2.30. The van der Waals surface area contributed by atoms with E-state index in [0.717, 1.165) is 16.9 Å². The Hall–Kier alpha value is -4.00. The van der Waals surface area contributed by atoms with Gasteiger partial charge in [-0.25, -0.2) is 14.5 Å². The first kappa shape index (κ1) is 22.2. The number of aromatic nitrogens is 3. The summed E-state index contributed by atoms with van der Waals surface area (Å²) in [5, 5.41) is 17.3. The van der Waals surface area contributed by atoms with Gasteiger partial charge in [-0.05, 0) is 31.2 Å². The molecular weight excluding hydrogens is 462 g/mol. The van der Waals surface area contributed by atoms with E-state index in [4.69, 9.17) is 16.3 Å². The molecule has 1 amide bonds. The fourth-order valence-electron chi connectivity index (χ4n) is 3.01. The molecule has 0 aliphatic carbocycles. The number of hydrogen-bond donors (Lipinski definition) is 1. The molecule has 33 heavy (non-hydrogen) atoms. The maximum absolute atomic E-state index is 12.6. The number of thiazole rings is 1. The van der Waals surface area contributed by atoms with Gasteiger partial charge in [-0.15, -0.1) is 11.3 Å². The molecule has 0 spiro atoms. The molecule has 164 valence electrons. The Labute approximate surface area is 198 Å². The minimum Gasteiger partial charge on any atom is -0.451 e. The van der Waals surface area contributed by atoms with Gasteiger partial charge in [0.25, 0.3) is 5.91 Å². The molecule has 0 saturated heterocycles. The molecule has 0 bridgehead atoms. The van der Waals surface area contributed by atoms with Gasteiger partial charge in [-0.2, -0.15) is 10.4 Å². The van der Waals surface area contributed by atoms with Crippen molar-refractivity contribution in [2.75, 3.05) is 11.9 Å².